The summed E-state index contributed by atoms with van der Waals surface area (Å²) in [5.74, 6) is -0.382. The normalized spacial score (nSPS) is 49.5. The van der Waals surface area contributed by atoms with Gasteiger partial charge in [0.1, 0.15) is 0 Å². The largest absolute Gasteiger partial charge is 0.467 e. The van der Waals surface area contributed by atoms with Crippen molar-refractivity contribution in [1.29, 1.82) is 0 Å². The summed E-state index contributed by atoms with van der Waals surface area (Å²) in [4.78, 5) is 15.5. The van der Waals surface area contributed by atoms with Crippen molar-refractivity contribution in [2.45, 2.75) is 42.4 Å². The number of esters is 1. The molecule has 5 heteroatoms. The van der Waals surface area contributed by atoms with E-state index in [4.69, 9.17) is 4.74 Å². The molecule has 0 aromatic heterocycles. The summed E-state index contributed by atoms with van der Waals surface area (Å²) in [5.41, 5.74) is -0.418. The van der Waals surface area contributed by atoms with Gasteiger partial charge in [-0.05, 0) is 30.5 Å². The Morgan fingerprint density at radius 3 is 3.00 bits per heavy atom. The molecule has 2 saturated carbocycles. The standard InChI is InChI=1S/C21H24N2O3/c1-13-18-8-5-10-23-11-9-19(16(18)23)14-6-3-4-7-15(14)22-21(13,19)20(25,12-18)17(24)26-2/h3-8,13,16,22,25H,9-12H2,1-2H3. The molecule has 136 valence electrons. The third-order valence-corrected chi connectivity index (χ3v) is 8.54. The first-order chi connectivity index (χ1) is 12.5. The monoisotopic (exact) mass is 352 g/mol. The number of ether oxygens (including phenoxy) is 1. The van der Waals surface area contributed by atoms with Gasteiger partial charge in [0.05, 0.1) is 12.6 Å². The molecule has 5 aliphatic rings. The van der Waals surface area contributed by atoms with E-state index in [9.17, 15) is 9.90 Å². The van der Waals surface area contributed by atoms with Gasteiger partial charge in [-0.2, -0.15) is 0 Å². The number of anilines is 1. The van der Waals surface area contributed by atoms with Crippen molar-refractivity contribution in [3.05, 3.63) is 42.0 Å². The molecule has 1 aromatic rings. The van der Waals surface area contributed by atoms with Crippen LogP contribution in [0.15, 0.2) is 36.4 Å². The number of carbonyl (C=O) groups excluding carboxylic acids is 1. The molecule has 5 nitrogen and oxygen atoms in total. The van der Waals surface area contributed by atoms with Crippen LogP contribution in [0.25, 0.3) is 0 Å². The first kappa shape index (κ1) is 15.2. The summed E-state index contributed by atoms with van der Waals surface area (Å²) >= 11 is 0. The van der Waals surface area contributed by atoms with Crippen molar-refractivity contribution < 1.29 is 14.6 Å². The van der Waals surface area contributed by atoms with Crippen LogP contribution in [0.4, 0.5) is 5.69 Å². The van der Waals surface area contributed by atoms with Gasteiger partial charge in [-0.3, -0.25) is 4.90 Å². The van der Waals surface area contributed by atoms with Crippen molar-refractivity contribution in [3.8, 4) is 0 Å². The number of hydrogen-bond donors (Lipinski definition) is 2. The number of para-hydroxylation sites is 1. The number of fused-ring (bicyclic) bond motifs is 1. The zero-order valence-corrected chi connectivity index (χ0v) is 15.2. The minimum absolute atomic E-state index is 0.121. The van der Waals surface area contributed by atoms with E-state index < -0.39 is 17.1 Å². The SMILES string of the molecule is COC(=O)C1(O)CC23C=CCN4CCC5(c6ccccc6NC15C2C)C43. The quantitative estimate of drug-likeness (QED) is 0.595. The lowest BCUT2D eigenvalue weighted by atomic mass is 9.55. The predicted octanol–water partition coefficient (Wildman–Crippen LogP) is 1.68. The van der Waals surface area contributed by atoms with E-state index in [2.05, 4.69) is 47.5 Å². The number of rotatable bonds is 1. The molecule has 2 bridgehead atoms. The summed E-state index contributed by atoms with van der Waals surface area (Å²) in [6.45, 7) is 4.17. The molecular formula is C21H24N2O3. The Morgan fingerprint density at radius 2 is 2.19 bits per heavy atom. The number of methoxy groups -OCH3 is 1. The first-order valence-electron chi connectivity index (χ1n) is 9.58. The van der Waals surface area contributed by atoms with E-state index in [0.29, 0.717) is 12.5 Å². The Morgan fingerprint density at radius 1 is 1.38 bits per heavy atom. The minimum Gasteiger partial charge on any atom is -0.467 e. The number of nitrogens with one attached hydrogen (secondary N) is 1. The predicted molar refractivity (Wildman–Crippen MR) is 96.8 cm³/mol. The molecule has 1 saturated heterocycles. The number of carbonyl (C=O) groups is 1. The fourth-order valence-electron chi connectivity index (χ4n) is 8.01. The van der Waals surface area contributed by atoms with Crippen LogP contribution >= 0.6 is 0 Å². The number of aliphatic hydroxyl groups is 1. The van der Waals surface area contributed by atoms with Crippen molar-refractivity contribution in [2.24, 2.45) is 11.3 Å². The van der Waals surface area contributed by atoms with Gasteiger partial charge in [-0.25, -0.2) is 4.79 Å². The van der Waals surface area contributed by atoms with Gasteiger partial charge in [0.2, 0.25) is 0 Å². The summed E-state index contributed by atoms with van der Waals surface area (Å²) in [6, 6.07) is 8.70. The van der Waals surface area contributed by atoms with E-state index in [-0.39, 0.29) is 16.7 Å². The third-order valence-electron chi connectivity index (χ3n) is 8.54. The number of hydrogen-bond acceptors (Lipinski definition) is 5. The topological polar surface area (TPSA) is 61.8 Å². The van der Waals surface area contributed by atoms with Crippen molar-refractivity contribution in [1.82, 2.24) is 4.90 Å². The second-order valence-electron chi connectivity index (χ2n) is 8.86. The van der Waals surface area contributed by atoms with Crippen LogP contribution in [0.5, 0.6) is 0 Å². The van der Waals surface area contributed by atoms with E-state index in [1.165, 1.54) is 12.7 Å². The lowest BCUT2D eigenvalue weighted by Gasteiger charge is -2.53. The van der Waals surface area contributed by atoms with Crippen molar-refractivity contribution >= 4 is 11.7 Å². The van der Waals surface area contributed by atoms with Gasteiger partial charge in [0.15, 0.2) is 5.60 Å². The average molecular weight is 352 g/mol. The fraction of sp³-hybridized carbons (Fsp3) is 0.571. The maximum absolute atomic E-state index is 13.0. The van der Waals surface area contributed by atoms with E-state index in [1.807, 2.05) is 6.07 Å². The molecule has 3 aliphatic heterocycles. The van der Waals surface area contributed by atoms with Gasteiger partial charge in [-0.15, -0.1) is 0 Å². The van der Waals surface area contributed by atoms with E-state index >= 15 is 0 Å². The van der Waals surface area contributed by atoms with Gasteiger partial charge in [-0.1, -0.05) is 37.3 Å². The van der Waals surface area contributed by atoms with Crippen LogP contribution in [-0.4, -0.2) is 53.4 Å². The molecule has 6 atom stereocenters. The van der Waals surface area contributed by atoms with Crippen LogP contribution in [0.3, 0.4) is 0 Å². The minimum atomic E-state index is -1.53. The molecule has 2 N–H and O–H groups in total. The van der Waals surface area contributed by atoms with Crippen LogP contribution in [0, 0.1) is 11.3 Å². The Bertz CT molecular complexity index is 884. The summed E-state index contributed by atoms with van der Waals surface area (Å²) < 4.78 is 5.15. The zero-order chi connectivity index (χ0) is 17.9. The molecule has 26 heavy (non-hydrogen) atoms. The van der Waals surface area contributed by atoms with Crippen LogP contribution in [0.1, 0.15) is 25.3 Å². The maximum atomic E-state index is 13.0. The maximum Gasteiger partial charge on any atom is 0.340 e. The highest BCUT2D eigenvalue weighted by molar-refractivity contribution is 5.88. The summed E-state index contributed by atoms with van der Waals surface area (Å²) in [6.07, 6.45) is 5.91. The van der Waals surface area contributed by atoms with Crippen LogP contribution in [0.2, 0.25) is 0 Å². The second-order valence-corrected chi connectivity index (χ2v) is 8.86. The molecule has 0 radical (unpaired) electrons. The number of benzene rings is 1. The Balaban J connectivity index is 1.73. The molecule has 1 aromatic carbocycles. The third kappa shape index (κ3) is 1.14. The van der Waals surface area contributed by atoms with E-state index in [1.54, 1.807) is 0 Å². The highest BCUT2D eigenvalue weighted by atomic mass is 16.5. The Labute approximate surface area is 153 Å². The molecule has 6 rings (SSSR count). The van der Waals surface area contributed by atoms with Crippen molar-refractivity contribution in [2.75, 3.05) is 25.5 Å². The van der Waals surface area contributed by atoms with Crippen LogP contribution in [-0.2, 0) is 14.9 Å². The second kappa shape index (κ2) is 4.18. The molecule has 6 unspecified atom stereocenters. The average Bonchev–Trinajstić information content (AvgIpc) is 3.29. The van der Waals surface area contributed by atoms with Gasteiger partial charge < -0.3 is 15.2 Å². The van der Waals surface area contributed by atoms with Crippen molar-refractivity contribution in [3.63, 3.8) is 0 Å². The molecule has 3 fully saturated rings. The molecular weight excluding hydrogens is 328 g/mol. The Hall–Kier alpha value is -1.85. The first-order valence-corrected chi connectivity index (χ1v) is 9.58. The van der Waals surface area contributed by atoms with Crippen LogP contribution < -0.4 is 5.32 Å². The van der Waals surface area contributed by atoms with Gasteiger partial charge >= 0.3 is 5.97 Å². The molecule has 2 aliphatic carbocycles. The summed E-state index contributed by atoms with van der Waals surface area (Å²) in [7, 11) is 1.38. The molecule has 0 amide bonds. The highest BCUT2D eigenvalue weighted by Gasteiger charge is 2.90. The Kier molecular flexibility index (Phi) is 2.45. The van der Waals surface area contributed by atoms with Gasteiger partial charge in [0.25, 0.3) is 0 Å². The van der Waals surface area contributed by atoms with E-state index in [0.717, 1.165) is 25.2 Å². The lowest BCUT2D eigenvalue weighted by molar-refractivity contribution is -0.175. The zero-order valence-electron chi connectivity index (χ0n) is 15.2. The number of nitrogens with zero attached hydrogens (tertiary/aromatic N) is 1. The summed E-state index contributed by atoms with van der Waals surface area (Å²) in [5, 5.41) is 15.6. The molecule has 3 spiro atoms. The van der Waals surface area contributed by atoms with Gasteiger partial charge in [0, 0.05) is 35.5 Å². The highest BCUT2D eigenvalue weighted by Crippen LogP contribution is 2.79. The molecule has 3 heterocycles. The lowest BCUT2D eigenvalue weighted by Crippen LogP contribution is -2.72. The fourth-order valence-corrected chi connectivity index (χ4v) is 8.01. The smallest absolute Gasteiger partial charge is 0.340 e.